The lowest BCUT2D eigenvalue weighted by Gasteiger charge is -2.15. The van der Waals surface area contributed by atoms with Gasteiger partial charge in [0.1, 0.15) is 0 Å². The molecule has 1 heterocycles. The van der Waals surface area contributed by atoms with E-state index in [9.17, 15) is 0 Å². The number of nitrogens with zero attached hydrogens (tertiary/aromatic N) is 3. The van der Waals surface area contributed by atoms with Crippen molar-refractivity contribution in [3.8, 4) is 11.8 Å². The molecule has 1 aromatic heterocycles. The van der Waals surface area contributed by atoms with Crippen molar-refractivity contribution in [3.63, 3.8) is 0 Å². The van der Waals surface area contributed by atoms with E-state index in [4.69, 9.17) is 10.5 Å². The first-order chi connectivity index (χ1) is 8.08. The average Bonchev–Trinajstić information content (AvgIpc) is 2.67. The van der Waals surface area contributed by atoms with Crippen molar-refractivity contribution in [3.05, 3.63) is 30.6 Å². The highest BCUT2D eigenvalue weighted by atomic mass is 16.5. The average molecular weight is 232 g/mol. The predicted octanol–water partition coefficient (Wildman–Crippen LogP) is 1.86. The summed E-state index contributed by atoms with van der Waals surface area (Å²) in [6, 6.07) is 6.19. The Balaban J connectivity index is 2.32. The number of hydrogen-bond donors (Lipinski definition) is 1. The lowest BCUT2D eigenvalue weighted by molar-refractivity contribution is 0.427. The van der Waals surface area contributed by atoms with Crippen molar-refractivity contribution in [1.29, 1.82) is 0 Å². The van der Waals surface area contributed by atoms with Crippen molar-refractivity contribution in [2.24, 2.45) is 7.05 Å². The second-order valence-corrected chi connectivity index (χ2v) is 4.04. The molecule has 0 aliphatic heterocycles. The minimum Gasteiger partial charge on any atom is -0.423 e. The van der Waals surface area contributed by atoms with Gasteiger partial charge in [0.15, 0.2) is 5.75 Å². The Bertz CT molecular complexity index is 519. The molecule has 1 aromatic carbocycles. The van der Waals surface area contributed by atoms with E-state index < -0.39 is 0 Å². The van der Waals surface area contributed by atoms with Crippen LogP contribution in [0.25, 0.3) is 0 Å². The molecule has 0 spiro atoms. The number of imidazole rings is 1. The molecule has 5 heteroatoms. The SMILES string of the molecule is CN(C)c1ccc(N)c(Oc2nccn2C)c1. The van der Waals surface area contributed by atoms with Crippen molar-refractivity contribution in [2.45, 2.75) is 0 Å². The summed E-state index contributed by atoms with van der Waals surface area (Å²) in [6.45, 7) is 0. The predicted molar refractivity (Wildman–Crippen MR) is 68.5 cm³/mol. The van der Waals surface area contributed by atoms with E-state index in [0.717, 1.165) is 5.69 Å². The smallest absolute Gasteiger partial charge is 0.301 e. The Morgan fingerprint density at radius 3 is 2.71 bits per heavy atom. The largest absolute Gasteiger partial charge is 0.423 e. The first-order valence-electron chi connectivity index (χ1n) is 5.30. The van der Waals surface area contributed by atoms with Crippen LogP contribution in [-0.4, -0.2) is 23.6 Å². The molecule has 2 rings (SSSR count). The highest BCUT2D eigenvalue weighted by Crippen LogP contribution is 2.30. The van der Waals surface area contributed by atoms with E-state index in [1.807, 2.05) is 50.4 Å². The molecule has 0 unspecified atom stereocenters. The van der Waals surface area contributed by atoms with E-state index in [-0.39, 0.29) is 0 Å². The Hall–Kier alpha value is -2.17. The minimum absolute atomic E-state index is 0.521. The van der Waals surface area contributed by atoms with E-state index in [0.29, 0.717) is 17.4 Å². The molecule has 0 radical (unpaired) electrons. The summed E-state index contributed by atoms with van der Waals surface area (Å²) in [5, 5.41) is 0. The maximum atomic E-state index is 5.88. The molecule has 0 bridgehead atoms. The number of rotatable bonds is 3. The number of nitrogen functional groups attached to an aromatic ring is 1. The van der Waals surface area contributed by atoms with Gasteiger partial charge in [-0.25, -0.2) is 4.98 Å². The lowest BCUT2D eigenvalue weighted by atomic mass is 10.2. The topological polar surface area (TPSA) is 56.3 Å². The molecule has 0 amide bonds. The van der Waals surface area contributed by atoms with Gasteiger partial charge >= 0.3 is 6.01 Å². The molecule has 17 heavy (non-hydrogen) atoms. The fraction of sp³-hybridized carbons (Fsp3) is 0.250. The molecule has 2 aromatic rings. The van der Waals surface area contributed by atoms with Crippen LogP contribution >= 0.6 is 0 Å². The van der Waals surface area contributed by atoms with Crippen molar-refractivity contribution in [1.82, 2.24) is 9.55 Å². The fourth-order valence-corrected chi connectivity index (χ4v) is 1.44. The number of anilines is 2. The van der Waals surface area contributed by atoms with Gasteiger partial charge in [0, 0.05) is 45.3 Å². The zero-order chi connectivity index (χ0) is 12.4. The van der Waals surface area contributed by atoms with E-state index in [1.54, 1.807) is 10.8 Å². The standard InChI is InChI=1S/C12H16N4O/c1-15(2)9-4-5-10(13)11(8-9)17-12-14-6-7-16(12)3/h4-8H,13H2,1-3H3. The van der Waals surface area contributed by atoms with Gasteiger partial charge in [0.2, 0.25) is 0 Å². The Kier molecular flexibility index (Phi) is 2.91. The molecular formula is C12H16N4O. The van der Waals surface area contributed by atoms with E-state index >= 15 is 0 Å². The van der Waals surface area contributed by atoms with Gasteiger partial charge in [-0.2, -0.15) is 0 Å². The number of aromatic nitrogens is 2. The zero-order valence-corrected chi connectivity index (χ0v) is 10.2. The van der Waals surface area contributed by atoms with Crippen LogP contribution in [-0.2, 0) is 7.05 Å². The number of ether oxygens (including phenoxy) is 1. The quantitative estimate of drug-likeness (QED) is 0.821. The van der Waals surface area contributed by atoms with Crippen LogP contribution in [0.3, 0.4) is 0 Å². The van der Waals surface area contributed by atoms with Crippen LogP contribution < -0.4 is 15.4 Å². The summed E-state index contributed by atoms with van der Waals surface area (Å²) in [5.41, 5.74) is 7.50. The zero-order valence-electron chi connectivity index (χ0n) is 10.2. The summed E-state index contributed by atoms with van der Waals surface area (Å²) < 4.78 is 7.46. The molecule has 0 aliphatic rings. The summed E-state index contributed by atoms with van der Waals surface area (Å²) in [6.07, 6.45) is 3.50. The van der Waals surface area contributed by atoms with Gasteiger partial charge in [-0.3, -0.25) is 0 Å². The van der Waals surface area contributed by atoms with E-state index in [2.05, 4.69) is 4.98 Å². The van der Waals surface area contributed by atoms with Crippen molar-refractivity contribution < 1.29 is 4.74 Å². The first-order valence-corrected chi connectivity index (χ1v) is 5.30. The van der Waals surface area contributed by atoms with Crippen LogP contribution in [0, 0.1) is 0 Å². The molecular weight excluding hydrogens is 216 g/mol. The summed E-state index contributed by atoms with van der Waals surface area (Å²) in [7, 11) is 5.81. The molecule has 0 atom stereocenters. The highest BCUT2D eigenvalue weighted by Gasteiger charge is 2.07. The second kappa shape index (κ2) is 4.37. The van der Waals surface area contributed by atoms with Crippen molar-refractivity contribution >= 4 is 11.4 Å². The maximum Gasteiger partial charge on any atom is 0.301 e. The van der Waals surface area contributed by atoms with Crippen molar-refractivity contribution in [2.75, 3.05) is 24.7 Å². The number of nitrogens with two attached hydrogens (primary N) is 1. The molecule has 0 fully saturated rings. The fourth-order valence-electron chi connectivity index (χ4n) is 1.44. The van der Waals surface area contributed by atoms with Gasteiger partial charge in [-0.15, -0.1) is 0 Å². The van der Waals surface area contributed by atoms with Gasteiger partial charge < -0.3 is 19.9 Å². The number of aryl methyl sites for hydroxylation is 1. The minimum atomic E-state index is 0.521. The Morgan fingerprint density at radius 2 is 2.12 bits per heavy atom. The third-order valence-corrected chi connectivity index (χ3v) is 2.49. The maximum absolute atomic E-state index is 5.88. The van der Waals surface area contributed by atoms with Crippen LogP contribution in [0.1, 0.15) is 0 Å². The van der Waals surface area contributed by atoms with Gasteiger partial charge in [0.05, 0.1) is 5.69 Å². The van der Waals surface area contributed by atoms with Crippen LogP contribution in [0.4, 0.5) is 11.4 Å². The molecule has 90 valence electrons. The molecule has 0 saturated carbocycles. The monoisotopic (exact) mass is 232 g/mol. The van der Waals surface area contributed by atoms with E-state index in [1.165, 1.54) is 0 Å². The van der Waals surface area contributed by atoms with Gasteiger partial charge in [0.25, 0.3) is 0 Å². The Labute approximate surface area is 100 Å². The number of benzene rings is 1. The van der Waals surface area contributed by atoms with Crippen LogP contribution in [0.15, 0.2) is 30.6 Å². The summed E-state index contributed by atoms with van der Waals surface area (Å²) in [5.74, 6) is 0.616. The molecule has 5 nitrogen and oxygen atoms in total. The normalized spacial score (nSPS) is 10.3. The van der Waals surface area contributed by atoms with Crippen LogP contribution in [0.5, 0.6) is 11.8 Å². The second-order valence-electron chi connectivity index (χ2n) is 4.04. The molecule has 0 aliphatic carbocycles. The first kappa shape index (κ1) is 11.3. The van der Waals surface area contributed by atoms with Gasteiger partial charge in [-0.1, -0.05) is 0 Å². The van der Waals surface area contributed by atoms with Gasteiger partial charge in [-0.05, 0) is 12.1 Å². The molecule has 2 N–H and O–H groups in total. The molecule has 0 saturated heterocycles. The third kappa shape index (κ3) is 2.33. The summed E-state index contributed by atoms with van der Waals surface area (Å²) >= 11 is 0. The Morgan fingerprint density at radius 1 is 1.35 bits per heavy atom. The lowest BCUT2D eigenvalue weighted by Crippen LogP contribution is -2.09. The third-order valence-electron chi connectivity index (χ3n) is 2.49. The highest BCUT2D eigenvalue weighted by molar-refractivity contribution is 5.62. The number of hydrogen-bond acceptors (Lipinski definition) is 4. The summed E-state index contributed by atoms with van der Waals surface area (Å²) in [4.78, 5) is 6.09. The van der Waals surface area contributed by atoms with Crippen LogP contribution in [0.2, 0.25) is 0 Å².